The molecule has 0 unspecified atom stereocenters. The van der Waals surface area contributed by atoms with E-state index in [-0.39, 0.29) is 11.5 Å². The molecule has 2 aromatic rings. The number of anilines is 2. The minimum atomic E-state index is -0.0992. The van der Waals surface area contributed by atoms with Gasteiger partial charge in [0.15, 0.2) is 17.3 Å². The smallest absolute Gasteiger partial charge is 0.157 e. The molecule has 1 aromatic carbocycles. The third-order valence-corrected chi connectivity index (χ3v) is 3.72. The van der Waals surface area contributed by atoms with Gasteiger partial charge in [0.1, 0.15) is 0 Å². The van der Waals surface area contributed by atoms with Crippen LogP contribution in [0.25, 0.3) is 0 Å². The van der Waals surface area contributed by atoms with Crippen LogP contribution in [0.15, 0.2) is 36.5 Å². The molecule has 2 heterocycles. The number of rotatable bonds is 4. The lowest BCUT2D eigenvalue weighted by molar-refractivity contribution is 0.403. The predicted molar refractivity (Wildman–Crippen MR) is 82.8 cm³/mol. The number of pyridine rings is 1. The molecular weight excluding hydrogens is 266 g/mol. The van der Waals surface area contributed by atoms with E-state index in [1.807, 2.05) is 18.3 Å². The molecule has 1 fully saturated rings. The van der Waals surface area contributed by atoms with Crippen LogP contribution in [-0.2, 0) is 6.54 Å². The first kappa shape index (κ1) is 13.5. The molecule has 0 aliphatic carbocycles. The summed E-state index contributed by atoms with van der Waals surface area (Å²) in [5.74, 6) is 0.788. The van der Waals surface area contributed by atoms with Gasteiger partial charge < -0.3 is 20.4 Å². The van der Waals surface area contributed by atoms with E-state index in [1.165, 1.54) is 18.9 Å². The van der Waals surface area contributed by atoms with Gasteiger partial charge in [0, 0.05) is 25.8 Å². The lowest BCUT2D eigenvalue weighted by Crippen LogP contribution is -2.20. The number of nitrogens with one attached hydrogen (secondary N) is 1. The van der Waals surface area contributed by atoms with E-state index in [0.29, 0.717) is 6.54 Å². The molecule has 21 heavy (non-hydrogen) atoms. The summed E-state index contributed by atoms with van der Waals surface area (Å²) < 4.78 is 0. The molecule has 3 rings (SSSR count). The average Bonchev–Trinajstić information content (AvgIpc) is 3.03. The first-order valence-electron chi connectivity index (χ1n) is 7.19. The molecule has 0 amide bonds. The zero-order valence-corrected chi connectivity index (χ0v) is 11.8. The van der Waals surface area contributed by atoms with Crippen molar-refractivity contribution in [1.82, 2.24) is 4.98 Å². The van der Waals surface area contributed by atoms with Crippen LogP contribution in [0.1, 0.15) is 18.4 Å². The predicted octanol–water partition coefficient (Wildman–Crippen LogP) is 2.71. The number of hydrogen-bond donors (Lipinski definition) is 3. The molecule has 1 aromatic heterocycles. The lowest BCUT2D eigenvalue weighted by atomic mass is 10.2. The van der Waals surface area contributed by atoms with Crippen LogP contribution in [0.5, 0.6) is 11.5 Å². The molecule has 0 bridgehead atoms. The Morgan fingerprint density at radius 1 is 1.10 bits per heavy atom. The van der Waals surface area contributed by atoms with Crippen LogP contribution in [0.2, 0.25) is 0 Å². The van der Waals surface area contributed by atoms with Gasteiger partial charge in [-0.05, 0) is 42.7 Å². The summed E-state index contributed by atoms with van der Waals surface area (Å²) in [4.78, 5) is 6.77. The van der Waals surface area contributed by atoms with E-state index in [4.69, 9.17) is 0 Å². The molecular formula is C16H19N3O2. The standard InChI is InChI=1S/C16H19N3O2/c20-14-6-5-12(10-15(14)21)11-18-13-4-3-7-17-16(13)19-8-1-2-9-19/h3-7,10,18,20-21H,1-2,8-9,11H2. The van der Waals surface area contributed by atoms with Gasteiger partial charge in [-0.15, -0.1) is 0 Å². The highest BCUT2D eigenvalue weighted by Crippen LogP contribution is 2.28. The van der Waals surface area contributed by atoms with Gasteiger partial charge in [-0.2, -0.15) is 0 Å². The summed E-state index contributed by atoms with van der Waals surface area (Å²) in [5.41, 5.74) is 1.90. The van der Waals surface area contributed by atoms with Crippen molar-refractivity contribution in [2.45, 2.75) is 19.4 Å². The maximum atomic E-state index is 9.53. The largest absolute Gasteiger partial charge is 0.504 e. The molecule has 110 valence electrons. The maximum Gasteiger partial charge on any atom is 0.157 e. The fourth-order valence-corrected chi connectivity index (χ4v) is 2.59. The highest BCUT2D eigenvalue weighted by atomic mass is 16.3. The molecule has 1 aliphatic rings. The summed E-state index contributed by atoms with van der Waals surface area (Å²) >= 11 is 0. The molecule has 5 heteroatoms. The lowest BCUT2D eigenvalue weighted by Gasteiger charge is -2.20. The Bertz CT molecular complexity index is 625. The van der Waals surface area contributed by atoms with Crippen molar-refractivity contribution >= 4 is 11.5 Å². The summed E-state index contributed by atoms with van der Waals surface area (Å²) in [7, 11) is 0. The van der Waals surface area contributed by atoms with E-state index in [1.54, 1.807) is 12.1 Å². The van der Waals surface area contributed by atoms with E-state index in [9.17, 15) is 10.2 Å². The van der Waals surface area contributed by atoms with Crippen molar-refractivity contribution in [3.63, 3.8) is 0 Å². The maximum absolute atomic E-state index is 9.53. The fraction of sp³-hybridized carbons (Fsp3) is 0.312. The van der Waals surface area contributed by atoms with Gasteiger partial charge in [0.2, 0.25) is 0 Å². The monoisotopic (exact) mass is 285 g/mol. The Morgan fingerprint density at radius 3 is 2.67 bits per heavy atom. The number of aromatic nitrogens is 1. The summed E-state index contributed by atoms with van der Waals surface area (Å²) in [6.45, 7) is 2.66. The third-order valence-electron chi connectivity index (χ3n) is 3.72. The van der Waals surface area contributed by atoms with Crippen LogP contribution >= 0.6 is 0 Å². The summed E-state index contributed by atoms with van der Waals surface area (Å²) in [6, 6.07) is 8.77. The number of nitrogens with zero attached hydrogens (tertiary/aromatic N) is 2. The second kappa shape index (κ2) is 5.91. The van der Waals surface area contributed by atoms with Crippen molar-refractivity contribution in [2.24, 2.45) is 0 Å². The Kier molecular flexibility index (Phi) is 3.81. The van der Waals surface area contributed by atoms with E-state index < -0.39 is 0 Å². The summed E-state index contributed by atoms with van der Waals surface area (Å²) in [5, 5.41) is 22.2. The van der Waals surface area contributed by atoms with Crippen LogP contribution < -0.4 is 10.2 Å². The van der Waals surface area contributed by atoms with Gasteiger partial charge in [0.25, 0.3) is 0 Å². The first-order valence-corrected chi connectivity index (χ1v) is 7.19. The average molecular weight is 285 g/mol. The minimum Gasteiger partial charge on any atom is -0.504 e. The highest BCUT2D eigenvalue weighted by molar-refractivity contribution is 5.65. The summed E-state index contributed by atoms with van der Waals surface area (Å²) in [6.07, 6.45) is 4.23. The van der Waals surface area contributed by atoms with Crippen LogP contribution in [0.4, 0.5) is 11.5 Å². The van der Waals surface area contributed by atoms with Gasteiger partial charge in [0.05, 0.1) is 5.69 Å². The second-order valence-corrected chi connectivity index (χ2v) is 5.25. The molecule has 3 N–H and O–H groups in total. The zero-order valence-electron chi connectivity index (χ0n) is 11.8. The minimum absolute atomic E-state index is 0.0970. The van der Waals surface area contributed by atoms with Crippen molar-refractivity contribution in [2.75, 3.05) is 23.3 Å². The van der Waals surface area contributed by atoms with E-state index in [2.05, 4.69) is 15.2 Å². The second-order valence-electron chi connectivity index (χ2n) is 5.25. The van der Waals surface area contributed by atoms with Crippen LogP contribution in [0.3, 0.4) is 0 Å². The number of phenolic OH excluding ortho intramolecular Hbond substituents is 2. The molecule has 0 radical (unpaired) electrons. The SMILES string of the molecule is Oc1ccc(CNc2cccnc2N2CCCC2)cc1O. The topological polar surface area (TPSA) is 68.6 Å². The van der Waals surface area contributed by atoms with Crippen LogP contribution in [-0.4, -0.2) is 28.3 Å². The molecule has 1 aliphatic heterocycles. The van der Waals surface area contributed by atoms with E-state index >= 15 is 0 Å². The van der Waals surface area contributed by atoms with Gasteiger partial charge in [-0.25, -0.2) is 4.98 Å². The van der Waals surface area contributed by atoms with Gasteiger partial charge >= 0.3 is 0 Å². The molecule has 0 saturated carbocycles. The number of benzene rings is 1. The quantitative estimate of drug-likeness (QED) is 0.754. The number of hydrogen-bond acceptors (Lipinski definition) is 5. The zero-order chi connectivity index (χ0) is 14.7. The first-order chi connectivity index (χ1) is 10.2. The van der Waals surface area contributed by atoms with E-state index in [0.717, 1.165) is 30.2 Å². The molecule has 5 nitrogen and oxygen atoms in total. The normalized spacial score (nSPS) is 14.4. The van der Waals surface area contributed by atoms with Crippen molar-refractivity contribution in [3.8, 4) is 11.5 Å². The Balaban J connectivity index is 1.74. The van der Waals surface area contributed by atoms with Gasteiger partial charge in [-0.1, -0.05) is 6.07 Å². The highest BCUT2D eigenvalue weighted by Gasteiger charge is 2.16. The Morgan fingerprint density at radius 2 is 1.90 bits per heavy atom. The fourth-order valence-electron chi connectivity index (χ4n) is 2.59. The number of aromatic hydroxyl groups is 2. The Hall–Kier alpha value is -2.43. The van der Waals surface area contributed by atoms with Crippen molar-refractivity contribution in [3.05, 3.63) is 42.1 Å². The number of phenols is 2. The molecule has 0 atom stereocenters. The molecule has 0 spiro atoms. The third kappa shape index (κ3) is 3.02. The molecule has 1 saturated heterocycles. The van der Waals surface area contributed by atoms with Gasteiger partial charge in [-0.3, -0.25) is 0 Å². The van der Waals surface area contributed by atoms with Crippen molar-refractivity contribution in [1.29, 1.82) is 0 Å². The van der Waals surface area contributed by atoms with Crippen molar-refractivity contribution < 1.29 is 10.2 Å². The van der Waals surface area contributed by atoms with Crippen LogP contribution in [0, 0.1) is 0 Å². The Labute approximate surface area is 123 Å².